The van der Waals surface area contributed by atoms with Gasteiger partial charge in [-0.15, -0.1) is 24.0 Å². The molecule has 0 aliphatic carbocycles. The number of halogens is 1. The van der Waals surface area contributed by atoms with Crippen LogP contribution >= 0.6 is 24.0 Å². The minimum atomic E-state index is 0. The molecule has 0 amide bonds. The molecule has 0 atom stereocenters. The van der Waals surface area contributed by atoms with Gasteiger partial charge in [-0.25, -0.2) is 4.99 Å². The van der Waals surface area contributed by atoms with E-state index in [1.807, 2.05) is 18.2 Å². The quantitative estimate of drug-likeness (QED) is 0.214. The molecule has 29 heavy (non-hydrogen) atoms. The highest BCUT2D eigenvalue weighted by Gasteiger charge is 2.12. The van der Waals surface area contributed by atoms with Crippen molar-refractivity contribution in [3.05, 3.63) is 23.8 Å². The summed E-state index contributed by atoms with van der Waals surface area (Å²) < 4.78 is 10.7. The zero-order chi connectivity index (χ0) is 20.2. The third kappa shape index (κ3) is 9.39. The molecular weight excluding hydrogens is 481 g/mol. The topological polar surface area (TPSA) is 61.4 Å². The molecule has 1 aliphatic heterocycles. The molecule has 1 aromatic carbocycles. The second-order valence-electron chi connectivity index (χ2n) is 7.15. The number of piperazine rings is 1. The Hall–Kier alpha value is -1.26. The van der Waals surface area contributed by atoms with Crippen molar-refractivity contribution in [2.24, 2.45) is 4.99 Å². The lowest BCUT2D eigenvalue weighted by Gasteiger charge is -2.32. The summed E-state index contributed by atoms with van der Waals surface area (Å²) in [7, 11) is 5.53. The van der Waals surface area contributed by atoms with Crippen LogP contribution in [-0.4, -0.2) is 82.8 Å². The Morgan fingerprint density at radius 1 is 1.07 bits per heavy atom. The summed E-state index contributed by atoms with van der Waals surface area (Å²) in [5.74, 6) is 2.43. The predicted octanol–water partition coefficient (Wildman–Crippen LogP) is 2.40. The van der Waals surface area contributed by atoms with Gasteiger partial charge in [0, 0.05) is 50.9 Å². The van der Waals surface area contributed by atoms with Gasteiger partial charge in [-0.2, -0.15) is 0 Å². The van der Waals surface area contributed by atoms with E-state index in [1.54, 1.807) is 14.2 Å². The van der Waals surface area contributed by atoms with Crippen molar-refractivity contribution in [1.82, 2.24) is 20.4 Å². The second-order valence-corrected chi connectivity index (χ2v) is 7.15. The summed E-state index contributed by atoms with van der Waals surface area (Å²) in [6.07, 6.45) is 2.35. The first-order valence-electron chi connectivity index (χ1n) is 10.3. The molecule has 0 radical (unpaired) electrons. The van der Waals surface area contributed by atoms with Gasteiger partial charge in [0.05, 0.1) is 20.8 Å². The standard InChI is InChI=1S/C21H37N5O2.HI/c1-5-22-21(23-10-6-7-11-26-14-12-25(2)13-15-26)24-17-18-8-9-19(27-3)16-20(18)28-4;/h8-9,16H,5-7,10-15,17H2,1-4H3,(H2,22,23,24);1H. The average molecular weight is 519 g/mol. The maximum Gasteiger partial charge on any atom is 0.191 e. The molecular formula is C21H38IN5O2. The third-order valence-electron chi connectivity index (χ3n) is 5.04. The molecule has 0 aromatic heterocycles. The van der Waals surface area contributed by atoms with E-state index in [0.29, 0.717) is 6.54 Å². The Balaban J connectivity index is 0.00000420. The van der Waals surface area contributed by atoms with E-state index < -0.39 is 0 Å². The number of rotatable bonds is 10. The van der Waals surface area contributed by atoms with E-state index in [4.69, 9.17) is 14.5 Å². The molecule has 0 saturated carbocycles. The number of methoxy groups -OCH3 is 2. The van der Waals surface area contributed by atoms with Crippen LogP contribution < -0.4 is 20.1 Å². The molecule has 1 aromatic rings. The van der Waals surface area contributed by atoms with Crippen LogP contribution in [0.3, 0.4) is 0 Å². The van der Waals surface area contributed by atoms with Crippen molar-refractivity contribution >= 4 is 29.9 Å². The van der Waals surface area contributed by atoms with Crippen LogP contribution in [0.5, 0.6) is 11.5 Å². The number of nitrogens with zero attached hydrogens (tertiary/aromatic N) is 3. The van der Waals surface area contributed by atoms with Crippen molar-refractivity contribution in [2.45, 2.75) is 26.3 Å². The molecule has 0 spiro atoms. The molecule has 0 bridgehead atoms. The summed E-state index contributed by atoms with van der Waals surface area (Å²) in [6.45, 7) is 10.4. The molecule has 0 unspecified atom stereocenters. The summed E-state index contributed by atoms with van der Waals surface area (Å²) in [6, 6.07) is 5.83. The zero-order valence-electron chi connectivity index (χ0n) is 18.4. The molecule has 1 heterocycles. The van der Waals surface area contributed by atoms with Gasteiger partial charge >= 0.3 is 0 Å². The van der Waals surface area contributed by atoms with Gasteiger partial charge in [0.2, 0.25) is 0 Å². The van der Waals surface area contributed by atoms with E-state index in [9.17, 15) is 0 Å². The Morgan fingerprint density at radius 3 is 2.48 bits per heavy atom. The first-order valence-corrected chi connectivity index (χ1v) is 10.3. The lowest BCUT2D eigenvalue weighted by Crippen LogP contribution is -2.44. The van der Waals surface area contributed by atoms with Crippen molar-refractivity contribution in [3.63, 3.8) is 0 Å². The molecule has 166 valence electrons. The van der Waals surface area contributed by atoms with Crippen molar-refractivity contribution < 1.29 is 9.47 Å². The average Bonchev–Trinajstić information content (AvgIpc) is 2.72. The van der Waals surface area contributed by atoms with Gasteiger partial charge < -0.3 is 29.9 Å². The van der Waals surface area contributed by atoms with Crippen LogP contribution in [0.15, 0.2) is 23.2 Å². The molecule has 1 fully saturated rings. The fourth-order valence-corrected chi connectivity index (χ4v) is 3.23. The zero-order valence-corrected chi connectivity index (χ0v) is 20.7. The van der Waals surface area contributed by atoms with E-state index in [1.165, 1.54) is 39.1 Å². The smallest absolute Gasteiger partial charge is 0.191 e. The largest absolute Gasteiger partial charge is 0.497 e. The molecule has 2 N–H and O–H groups in total. The van der Waals surface area contributed by atoms with Crippen molar-refractivity contribution in [3.8, 4) is 11.5 Å². The van der Waals surface area contributed by atoms with Crippen LogP contribution in [0.1, 0.15) is 25.3 Å². The summed E-state index contributed by atoms with van der Waals surface area (Å²) in [5, 5.41) is 6.76. The maximum absolute atomic E-state index is 5.46. The fraction of sp³-hybridized carbons (Fsp3) is 0.667. The number of aliphatic imine (C=N–C) groups is 1. The third-order valence-corrected chi connectivity index (χ3v) is 5.04. The van der Waals surface area contributed by atoms with E-state index >= 15 is 0 Å². The number of ether oxygens (including phenoxy) is 2. The van der Waals surface area contributed by atoms with Crippen LogP contribution in [0.2, 0.25) is 0 Å². The lowest BCUT2D eigenvalue weighted by molar-refractivity contribution is 0.152. The highest BCUT2D eigenvalue weighted by molar-refractivity contribution is 14.0. The number of benzene rings is 1. The van der Waals surface area contributed by atoms with Gasteiger partial charge in [-0.1, -0.05) is 0 Å². The number of nitrogens with one attached hydrogen (secondary N) is 2. The number of hydrogen-bond acceptors (Lipinski definition) is 5. The Labute approximate surface area is 193 Å². The molecule has 7 nitrogen and oxygen atoms in total. The number of hydrogen-bond donors (Lipinski definition) is 2. The molecule has 1 saturated heterocycles. The van der Waals surface area contributed by atoms with Gasteiger partial charge in [0.1, 0.15) is 11.5 Å². The van der Waals surface area contributed by atoms with Gasteiger partial charge in [-0.05, 0) is 45.5 Å². The van der Waals surface area contributed by atoms with Crippen molar-refractivity contribution in [2.75, 3.05) is 67.1 Å². The Kier molecular flexibility index (Phi) is 13.0. The van der Waals surface area contributed by atoms with Crippen LogP contribution in [0, 0.1) is 0 Å². The number of likely N-dealkylation sites (N-methyl/N-ethyl adjacent to an activating group) is 1. The summed E-state index contributed by atoms with van der Waals surface area (Å²) in [5.41, 5.74) is 1.04. The first-order chi connectivity index (χ1) is 13.7. The minimum Gasteiger partial charge on any atom is -0.497 e. The monoisotopic (exact) mass is 519 g/mol. The predicted molar refractivity (Wildman–Crippen MR) is 131 cm³/mol. The van der Waals surface area contributed by atoms with E-state index in [2.05, 4.69) is 34.4 Å². The van der Waals surface area contributed by atoms with Gasteiger partial charge in [-0.3, -0.25) is 0 Å². The molecule has 8 heteroatoms. The van der Waals surface area contributed by atoms with Crippen molar-refractivity contribution in [1.29, 1.82) is 0 Å². The van der Waals surface area contributed by atoms with E-state index in [-0.39, 0.29) is 24.0 Å². The second kappa shape index (κ2) is 14.7. The Bertz CT molecular complexity index is 607. The SMILES string of the molecule is CCNC(=NCc1ccc(OC)cc1OC)NCCCCN1CCN(C)CC1.I. The molecule has 2 rings (SSSR count). The highest BCUT2D eigenvalue weighted by atomic mass is 127. The summed E-state index contributed by atoms with van der Waals surface area (Å²) in [4.78, 5) is 9.66. The van der Waals surface area contributed by atoms with Gasteiger partial charge in [0.25, 0.3) is 0 Å². The lowest BCUT2D eigenvalue weighted by atomic mass is 10.2. The fourth-order valence-electron chi connectivity index (χ4n) is 3.23. The first kappa shape index (κ1) is 25.8. The summed E-state index contributed by atoms with van der Waals surface area (Å²) >= 11 is 0. The van der Waals surface area contributed by atoms with Crippen LogP contribution in [0.4, 0.5) is 0 Å². The molecule has 1 aliphatic rings. The van der Waals surface area contributed by atoms with Crippen LogP contribution in [0.25, 0.3) is 0 Å². The normalized spacial score (nSPS) is 15.5. The van der Waals surface area contributed by atoms with Gasteiger partial charge in [0.15, 0.2) is 5.96 Å². The minimum absolute atomic E-state index is 0. The highest BCUT2D eigenvalue weighted by Crippen LogP contribution is 2.25. The maximum atomic E-state index is 5.46. The van der Waals surface area contributed by atoms with E-state index in [0.717, 1.165) is 42.5 Å². The Morgan fingerprint density at radius 2 is 1.83 bits per heavy atom. The van der Waals surface area contributed by atoms with Crippen LogP contribution in [-0.2, 0) is 6.54 Å². The number of guanidine groups is 1. The number of unbranched alkanes of at least 4 members (excludes halogenated alkanes) is 1.